The van der Waals surface area contributed by atoms with Crippen molar-refractivity contribution in [3.63, 3.8) is 0 Å². The zero-order valence-electron chi connectivity index (χ0n) is 7.83. The van der Waals surface area contributed by atoms with E-state index in [2.05, 4.69) is 5.32 Å². The molecule has 2 rings (SSSR count). The van der Waals surface area contributed by atoms with E-state index in [0.717, 1.165) is 0 Å². The lowest BCUT2D eigenvalue weighted by molar-refractivity contribution is -0.135. The molecule has 0 fully saturated rings. The average molecular weight is 228 g/mol. The summed E-state index contributed by atoms with van der Waals surface area (Å²) in [5.74, 6) is -0.542. The Morgan fingerprint density at radius 1 is 1.47 bits per heavy atom. The predicted molar refractivity (Wildman–Crippen MR) is 55.7 cm³/mol. The maximum atomic E-state index is 11.6. The number of halogens is 1. The van der Waals surface area contributed by atoms with Gasteiger partial charge in [0.25, 0.3) is 5.91 Å². The molecule has 0 bridgehead atoms. The first-order valence-corrected chi connectivity index (χ1v) is 4.91. The Labute approximate surface area is 91.5 Å². The minimum absolute atomic E-state index is 0.0600. The van der Waals surface area contributed by atoms with Crippen LogP contribution >= 0.6 is 11.6 Å². The third-order valence-corrected chi connectivity index (χ3v) is 2.84. The number of anilines is 1. The van der Waals surface area contributed by atoms with Gasteiger partial charge in [-0.1, -0.05) is 17.7 Å². The molecule has 0 saturated heterocycles. The SMILES string of the molecule is O=C1Nc2cccc(Cl)c2[C@]1(O)CCO. The number of carbonyl (C=O) groups excluding carboxylic acids is 1. The van der Waals surface area contributed by atoms with Crippen molar-refractivity contribution in [1.82, 2.24) is 0 Å². The lowest BCUT2D eigenvalue weighted by Crippen LogP contribution is -2.35. The fraction of sp³-hybridized carbons (Fsp3) is 0.300. The topological polar surface area (TPSA) is 69.6 Å². The van der Waals surface area contributed by atoms with E-state index in [9.17, 15) is 9.90 Å². The van der Waals surface area contributed by atoms with Gasteiger partial charge in [-0.15, -0.1) is 0 Å². The molecule has 1 atom stereocenters. The Kier molecular flexibility index (Phi) is 2.42. The number of carbonyl (C=O) groups is 1. The zero-order chi connectivity index (χ0) is 11.1. The Bertz CT molecular complexity index is 421. The third-order valence-electron chi connectivity index (χ3n) is 2.52. The molecule has 1 aromatic carbocycles. The molecule has 1 aromatic rings. The lowest BCUT2D eigenvalue weighted by Gasteiger charge is -2.20. The normalized spacial score (nSPS) is 23.8. The predicted octanol–water partition coefficient (Wildman–Crippen LogP) is 0.862. The largest absolute Gasteiger partial charge is 0.396 e. The van der Waals surface area contributed by atoms with Crippen molar-refractivity contribution in [3.05, 3.63) is 28.8 Å². The number of nitrogens with one attached hydrogen (secondary N) is 1. The number of hydrogen-bond donors (Lipinski definition) is 3. The highest BCUT2D eigenvalue weighted by Gasteiger charge is 2.46. The Balaban J connectivity index is 2.57. The summed E-state index contributed by atoms with van der Waals surface area (Å²) in [6.45, 7) is -0.283. The van der Waals surface area contributed by atoms with Crippen LogP contribution in [0, 0.1) is 0 Å². The second-order valence-corrected chi connectivity index (χ2v) is 3.86. The van der Waals surface area contributed by atoms with E-state index in [1.54, 1.807) is 18.2 Å². The van der Waals surface area contributed by atoms with Gasteiger partial charge in [-0.05, 0) is 12.1 Å². The molecule has 1 amide bonds. The van der Waals surface area contributed by atoms with Crippen LogP contribution in [0.2, 0.25) is 5.02 Å². The highest BCUT2D eigenvalue weighted by molar-refractivity contribution is 6.33. The van der Waals surface area contributed by atoms with Gasteiger partial charge in [-0.3, -0.25) is 4.79 Å². The van der Waals surface area contributed by atoms with Crippen molar-refractivity contribution in [1.29, 1.82) is 0 Å². The van der Waals surface area contributed by atoms with Crippen LogP contribution in [0.3, 0.4) is 0 Å². The number of hydrogen-bond acceptors (Lipinski definition) is 3. The van der Waals surface area contributed by atoms with Gasteiger partial charge in [0.1, 0.15) is 0 Å². The molecule has 4 nitrogen and oxygen atoms in total. The van der Waals surface area contributed by atoms with Gasteiger partial charge in [-0.25, -0.2) is 0 Å². The van der Waals surface area contributed by atoms with Crippen LogP contribution in [0.4, 0.5) is 5.69 Å². The molecule has 1 aliphatic rings. The van der Waals surface area contributed by atoms with Crippen molar-refractivity contribution in [2.24, 2.45) is 0 Å². The van der Waals surface area contributed by atoms with Crippen LogP contribution in [0.15, 0.2) is 18.2 Å². The Morgan fingerprint density at radius 2 is 2.20 bits per heavy atom. The van der Waals surface area contributed by atoms with Crippen LogP contribution in [0.25, 0.3) is 0 Å². The van der Waals surface area contributed by atoms with Crippen LogP contribution in [-0.2, 0) is 10.4 Å². The van der Waals surface area contributed by atoms with Gasteiger partial charge >= 0.3 is 0 Å². The first-order valence-electron chi connectivity index (χ1n) is 4.53. The molecular weight excluding hydrogens is 218 g/mol. The highest BCUT2D eigenvalue weighted by Crippen LogP contribution is 2.42. The summed E-state index contributed by atoms with van der Waals surface area (Å²) < 4.78 is 0. The Morgan fingerprint density at radius 3 is 2.87 bits per heavy atom. The number of rotatable bonds is 2. The van der Waals surface area contributed by atoms with Gasteiger partial charge in [-0.2, -0.15) is 0 Å². The Hall–Kier alpha value is -1.10. The lowest BCUT2D eigenvalue weighted by atomic mass is 9.92. The summed E-state index contributed by atoms with van der Waals surface area (Å²) >= 11 is 5.92. The minimum atomic E-state index is -1.71. The number of amides is 1. The van der Waals surface area contributed by atoms with E-state index in [1.807, 2.05) is 0 Å². The second kappa shape index (κ2) is 3.48. The van der Waals surface area contributed by atoms with E-state index in [0.29, 0.717) is 16.3 Å². The first-order chi connectivity index (χ1) is 7.09. The van der Waals surface area contributed by atoms with E-state index in [4.69, 9.17) is 16.7 Å². The summed E-state index contributed by atoms with van der Waals surface area (Å²) in [7, 11) is 0. The molecule has 1 aliphatic heterocycles. The third kappa shape index (κ3) is 1.42. The molecule has 3 N–H and O–H groups in total. The summed E-state index contributed by atoms with van der Waals surface area (Å²) in [5, 5.41) is 21.8. The fourth-order valence-electron chi connectivity index (χ4n) is 1.79. The van der Waals surface area contributed by atoms with E-state index in [-0.39, 0.29) is 13.0 Å². The maximum absolute atomic E-state index is 11.6. The molecule has 15 heavy (non-hydrogen) atoms. The molecule has 1 heterocycles. The van der Waals surface area contributed by atoms with Crippen LogP contribution in [0.1, 0.15) is 12.0 Å². The molecule has 0 saturated carbocycles. The monoisotopic (exact) mass is 227 g/mol. The van der Waals surface area contributed by atoms with Crippen molar-refractivity contribution in [2.75, 3.05) is 11.9 Å². The van der Waals surface area contributed by atoms with Crippen LogP contribution < -0.4 is 5.32 Å². The average Bonchev–Trinajstić information content (AvgIpc) is 2.41. The first kappa shape index (κ1) is 10.4. The summed E-state index contributed by atoms with van der Waals surface area (Å²) in [5.41, 5.74) is -0.850. The fourth-order valence-corrected chi connectivity index (χ4v) is 2.12. The molecular formula is C10H10ClNO3. The summed E-state index contributed by atoms with van der Waals surface area (Å²) in [6, 6.07) is 4.95. The van der Waals surface area contributed by atoms with Gasteiger partial charge in [0, 0.05) is 29.3 Å². The van der Waals surface area contributed by atoms with Crippen molar-refractivity contribution in [3.8, 4) is 0 Å². The number of fused-ring (bicyclic) bond motifs is 1. The summed E-state index contributed by atoms with van der Waals surface area (Å²) in [4.78, 5) is 11.6. The van der Waals surface area contributed by atoms with Crippen molar-refractivity contribution in [2.45, 2.75) is 12.0 Å². The van der Waals surface area contributed by atoms with Gasteiger partial charge in [0.15, 0.2) is 5.60 Å². The van der Waals surface area contributed by atoms with Crippen LogP contribution in [0.5, 0.6) is 0 Å². The maximum Gasteiger partial charge on any atom is 0.261 e. The molecule has 0 aliphatic carbocycles. The molecule has 0 spiro atoms. The minimum Gasteiger partial charge on any atom is -0.396 e. The van der Waals surface area contributed by atoms with Crippen LogP contribution in [-0.4, -0.2) is 22.7 Å². The van der Waals surface area contributed by atoms with Crippen molar-refractivity contribution >= 4 is 23.2 Å². The van der Waals surface area contributed by atoms with E-state index < -0.39 is 11.5 Å². The quantitative estimate of drug-likeness (QED) is 0.702. The number of aliphatic hydroxyl groups excluding tert-OH is 1. The van der Waals surface area contributed by atoms with Gasteiger partial charge < -0.3 is 15.5 Å². The number of aliphatic hydroxyl groups is 2. The van der Waals surface area contributed by atoms with E-state index >= 15 is 0 Å². The highest BCUT2D eigenvalue weighted by atomic mass is 35.5. The number of benzene rings is 1. The van der Waals surface area contributed by atoms with Gasteiger partial charge in [0.2, 0.25) is 0 Å². The molecule has 0 aromatic heterocycles. The van der Waals surface area contributed by atoms with E-state index in [1.165, 1.54) is 0 Å². The smallest absolute Gasteiger partial charge is 0.261 e. The molecule has 80 valence electrons. The van der Waals surface area contributed by atoms with Crippen molar-refractivity contribution < 1.29 is 15.0 Å². The second-order valence-electron chi connectivity index (χ2n) is 3.45. The summed E-state index contributed by atoms with van der Waals surface area (Å²) in [6.07, 6.45) is -0.0600. The van der Waals surface area contributed by atoms with Gasteiger partial charge in [0.05, 0.1) is 0 Å². The molecule has 0 unspecified atom stereocenters. The zero-order valence-corrected chi connectivity index (χ0v) is 8.58. The molecule has 5 heteroatoms. The standard InChI is InChI=1S/C10H10ClNO3/c11-6-2-1-3-7-8(6)10(15,4-5-13)9(14)12-7/h1-3,13,15H,4-5H2,(H,12,14)/t10-/m1/s1. The molecule has 0 radical (unpaired) electrons.